The van der Waals surface area contributed by atoms with Crippen LogP contribution in [0.15, 0.2) is 53.3 Å². The molecule has 0 saturated carbocycles. The molecule has 1 unspecified atom stereocenters. The van der Waals surface area contributed by atoms with Crippen molar-refractivity contribution < 1.29 is 14.3 Å². The summed E-state index contributed by atoms with van der Waals surface area (Å²) in [6.45, 7) is 7.06. The van der Waals surface area contributed by atoms with E-state index < -0.39 is 18.0 Å². The van der Waals surface area contributed by atoms with Gasteiger partial charge in [-0.2, -0.15) is 0 Å². The van der Waals surface area contributed by atoms with E-state index in [0.29, 0.717) is 16.9 Å². The van der Waals surface area contributed by atoms with Crippen molar-refractivity contribution in [2.24, 2.45) is 7.05 Å². The highest BCUT2D eigenvalue weighted by atomic mass is 16.5. The average molecular weight is 407 g/mol. The van der Waals surface area contributed by atoms with Gasteiger partial charge in [0.1, 0.15) is 5.69 Å². The number of hydrogen-bond acceptors (Lipinski definition) is 4. The lowest BCUT2D eigenvalue weighted by molar-refractivity contribution is -0.123. The Morgan fingerprint density at radius 1 is 1.00 bits per heavy atom. The SMILES string of the molecule is Cc1ccc(C(=O)OC(C)C(=O)Nc2c(C)n(C)n(-c3ccccc3)c2=O)cc1C. The van der Waals surface area contributed by atoms with Gasteiger partial charge in [-0.05, 0) is 63.1 Å². The summed E-state index contributed by atoms with van der Waals surface area (Å²) in [6.07, 6.45) is -1.07. The highest BCUT2D eigenvalue weighted by molar-refractivity contribution is 5.97. The summed E-state index contributed by atoms with van der Waals surface area (Å²) >= 11 is 0. The quantitative estimate of drug-likeness (QED) is 0.658. The Bertz CT molecular complexity index is 1160. The molecule has 156 valence electrons. The van der Waals surface area contributed by atoms with Crippen molar-refractivity contribution in [1.29, 1.82) is 0 Å². The van der Waals surface area contributed by atoms with Crippen molar-refractivity contribution >= 4 is 17.6 Å². The Hall–Kier alpha value is -3.61. The van der Waals surface area contributed by atoms with E-state index in [2.05, 4.69) is 5.32 Å². The van der Waals surface area contributed by atoms with Crippen LogP contribution in [0, 0.1) is 20.8 Å². The molecule has 3 rings (SSSR count). The van der Waals surface area contributed by atoms with E-state index in [1.165, 1.54) is 11.6 Å². The largest absolute Gasteiger partial charge is 0.449 e. The van der Waals surface area contributed by atoms with Crippen LogP contribution in [0.4, 0.5) is 5.69 Å². The van der Waals surface area contributed by atoms with Crippen LogP contribution in [0.2, 0.25) is 0 Å². The lowest BCUT2D eigenvalue weighted by Crippen LogP contribution is -2.32. The van der Waals surface area contributed by atoms with Crippen molar-refractivity contribution in [3.8, 4) is 5.69 Å². The molecule has 0 radical (unpaired) electrons. The van der Waals surface area contributed by atoms with Crippen LogP contribution in [0.25, 0.3) is 5.69 Å². The molecule has 0 saturated heterocycles. The van der Waals surface area contributed by atoms with Gasteiger partial charge < -0.3 is 10.1 Å². The summed E-state index contributed by atoms with van der Waals surface area (Å²) in [5, 5.41) is 2.62. The van der Waals surface area contributed by atoms with E-state index in [4.69, 9.17) is 4.74 Å². The minimum absolute atomic E-state index is 0.153. The highest BCUT2D eigenvalue weighted by Gasteiger charge is 2.23. The number of para-hydroxylation sites is 1. The maximum atomic E-state index is 12.9. The predicted octanol–water partition coefficient (Wildman–Crippen LogP) is 3.29. The minimum Gasteiger partial charge on any atom is -0.449 e. The molecule has 0 aliphatic rings. The Morgan fingerprint density at radius 2 is 1.67 bits per heavy atom. The molecule has 0 bridgehead atoms. The van der Waals surface area contributed by atoms with Gasteiger partial charge in [-0.1, -0.05) is 24.3 Å². The first-order chi connectivity index (χ1) is 14.2. The molecular formula is C23H25N3O4. The third-order valence-electron chi connectivity index (χ3n) is 5.20. The molecule has 3 aromatic rings. The van der Waals surface area contributed by atoms with Crippen LogP contribution in [-0.2, 0) is 16.6 Å². The van der Waals surface area contributed by atoms with E-state index in [9.17, 15) is 14.4 Å². The zero-order valence-electron chi connectivity index (χ0n) is 17.7. The maximum absolute atomic E-state index is 12.9. The molecule has 0 fully saturated rings. The number of benzene rings is 2. The fraction of sp³-hybridized carbons (Fsp3) is 0.261. The Labute approximate surface area is 174 Å². The number of nitrogens with one attached hydrogen (secondary N) is 1. The van der Waals surface area contributed by atoms with Gasteiger partial charge in [0.2, 0.25) is 0 Å². The average Bonchev–Trinajstić information content (AvgIpc) is 2.93. The van der Waals surface area contributed by atoms with Crippen LogP contribution in [0.3, 0.4) is 0 Å². The zero-order chi connectivity index (χ0) is 22.0. The Balaban J connectivity index is 1.78. The number of esters is 1. The van der Waals surface area contributed by atoms with E-state index in [0.717, 1.165) is 11.1 Å². The van der Waals surface area contributed by atoms with Gasteiger partial charge in [0.05, 0.1) is 16.9 Å². The summed E-state index contributed by atoms with van der Waals surface area (Å²) in [7, 11) is 1.74. The van der Waals surface area contributed by atoms with Gasteiger partial charge in [-0.15, -0.1) is 0 Å². The summed E-state index contributed by atoms with van der Waals surface area (Å²) in [4.78, 5) is 37.9. The fourth-order valence-corrected chi connectivity index (χ4v) is 3.09. The van der Waals surface area contributed by atoms with Crippen LogP contribution in [-0.4, -0.2) is 27.3 Å². The van der Waals surface area contributed by atoms with Gasteiger partial charge in [-0.25, -0.2) is 9.48 Å². The second kappa shape index (κ2) is 8.41. The van der Waals surface area contributed by atoms with Crippen molar-refractivity contribution in [2.45, 2.75) is 33.8 Å². The number of carbonyl (C=O) groups is 2. The van der Waals surface area contributed by atoms with Gasteiger partial charge in [0.15, 0.2) is 6.10 Å². The van der Waals surface area contributed by atoms with E-state index in [-0.39, 0.29) is 11.2 Å². The second-order valence-electron chi connectivity index (χ2n) is 7.27. The smallest absolute Gasteiger partial charge is 0.338 e. The van der Waals surface area contributed by atoms with Crippen LogP contribution < -0.4 is 10.9 Å². The molecule has 1 amide bonds. The molecule has 1 aromatic heterocycles. The first kappa shape index (κ1) is 21.1. The molecular weight excluding hydrogens is 382 g/mol. The van der Waals surface area contributed by atoms with E-state index >= 15 is 0 Å². The summed E-state index contributed by atoms with van der Waals surface area (Å²) in [6, 6.07) is 14.3. The minimum atomic E-state index is -1.07. The standard InChI is InChI=1S/C23H25N3O4/c1-14-11-12-18(13-15(14)2)23(29)30-17(4)21(27)24-20-16(3)25(5)26(22(20)28)19-9-7-6-8-10-19/h6-13,17H,1-5H3,(H,24,27). The van der Waals surface area contributed by atoms with Gasteiger partial charge >= 0.3 is 5.97 Å². The molecule has 0 aliphatic carbocycles. The molecule has 1 N–H and O–H groups in total. The summed E-state index contributed by atoms with van der Waals surface area (Å²) < 4.78 is 8.43. The molecule has 7 nitrogen and oxygen atoms in total. The zero-order valence-corrected chi connectivity index (χ0v) is 17.7. The van der Waals surface area contributed by atoms with Crippen molar-refractivity contribution in [3.63, 3.8) is 0 Å². The fourth-order valence-electron chi connectivity index (χ4n) is 3.09. The third kappa shape index (κ3) is 4.05. The molecule has 1 atom stereocenters. The van der Waals surface area contributed by atoms with Crippen molar-refractivity contribution in [2.75, 3.05) is 5.32 Å². The van der Waals surface area contributed by atoms with Crippen molar-refractivity contribution in [1.82, 2.24) is 9.36 Å². The van der Waals surface area contributed by atoms with E-state index in [1.807, 2.05) is 38.1 Å². The molecule has 7 heteroatoms. The number of anilines is 1. The lowest BCUT2D eigenvalue weighted by Gasteiger charge is -2.13. The predicted molar refractivity (Wildman–Crippen MR) is 115 cm³/mol. The van der Waals surface area contributed by atoms with Crippen LogP contribution in [0.5, 0.6) is 0 Å². The second-order valence-corrected chi connectivity index (χ2v) is 7.27. The molecule has 0 spiro atoms. The number of nitrogens with zero attached hydrogens (tertiary/aromatic N) is 2. The van der Waals surface area contributed by atoms with Gasteiger partial charge in [-0.3, -0.25) is 14.3 Å². The summed E-state index contributed by atoms with van der Waals surface area (Å²) in [5.74, 6) is -1.16. The molecule has 30 heavy (non-hydrogen) atoms. The van der Waals surface area contributed by atoms with Crippen LogP contribution >= 0.6 is 0 Å². The number of aryl methyl sites for hydroxylation is 2. The number of aromatic nitrogens is 2. The topological polar surface area (TPSA) is 82.3 Å². The number of hydrogen-bond donors (Lipinski definition) is 1. The van der Waals surface area contributed by atoms with Gasteiger partial charge in [0, 0.05) is 7.05 Å². The lowest BCUT2D eigenvalue weighted by atomic mass is 10.1. The first-order valence-electron chi connectivity index (χ1n) is 9.63. The number of ether oxygens (including phenoxy) is 1. The number of rotatable bonds is 5. The first-order valence-corrected chi connectivity index (χ1v) is 9.63. The monoisotopic (exact) mass is 407 g/mol. The normalized spacial score (nSPS) is 11.8. The van der Waals surface area contributed by atoms with Crippen LogP contribution in [0.1, 0.15) is 34.1 Å². The number of carbonyl (C=O) groups excluding carboxylic acids is 2. The number of amides is 1. The molecule has 1 heterocycles. The highest BCUT2D eigenvalue weighted by Crippen LogP contribution is 2.15. The Morgan fingerprint density at radius 3 is 2.30 bits per heavy atom. The van der Waals surface area contributed by atoms with Gasteiger partial charge in [0.25, 0.3) is 11.5 Å². The van der Waals surface area contributed by atoms with E-state index in [1.54, 1.807) is 42.9 Å². The Kier molecular flexibility index (Phi) is 5.91. The van der Waals surface area contributed by atoms with Crippen molar-refractivity contribution in [3.05, 3.63) is 81.3 Å². The third-order valence-corrected chi connectivity index (χ3v) is 5.20. The molecule has 0 aliphatic heterocycles. The summed E-state index contributed by atoms with van der Waals surface area (Å²) in [5.41, 5.74) is 3.46. The maximum Gasteiger partial charge on any atom is 0.338 e. The molecule has 2 aromatic carbocycles.